The van der Waals surface area contributed by atoms with E-state index in [0.717, 1.165) is 5.69 Å². The smallest absolute Gasteiger partial charge is 0.407 e. The Bertz CT molecular complexity index is 545. The zero-order chi connectivity index (χ0) is 15.6. The number of benzene rings is 1. The molecule has 0 spiro atoms. The molecule has 1 aromatic rings. The summed E-state index contributed by atoms with van der Waals surface area (Å²) in [6, 6.07) is 6.78. The van der Waals surface area contributed by atoms with Crippen molar-refractivity contribution in [1.82, 2.24) is 5.32 Å². The van der Waals surface area contributed by atoms with Gasteiger partial charge in [-0.05, 0) is 39.0 Å². The van der Waals surface area contributed by atoms with E-state index in [0.29, 0.717) is 13.1 Å². The van der Waals surface area contributed by atoms with Crippen LogP contribution in [0.25, 0.3) is 0 Å². The van der Waals surface area contributed by atoms with Crippen LogP contribution in [0, 0.1) is 0 Å². The number of nitrogens with one attached hydrogen (secondary N) is 1. The van der Waals surface area contributed by atoms with E-state index in [-0.39, 0.29) is 11.6 Å². The van der Waals surface area contributed by atoms with Crippen LogP contribution in [0.15, 0.2) is 24.3 Å². The lowest BCUT2D eigenvalue weighted by Gasteiger charge is -2.41. The van der Waals surface area contributed by atoms with Gasteiger partial charge in [-0.1, -0.05) is 6.07 Å². The first-order valence-electron chi connectivity index (χ1n) is 6.82. The van der Waals surface area contributed by atoms with E-state index in [4.69, 9.17) is 9.84 Å². The number of alkyl carbamates (subject to hydrolysis) is 1. The van der Waals surface area contributed by atoms with Gasteiger partial charge < -0.3 is 20.1 Å². The molecule has 1 aromatic carbocycles. The van der Waals surface area contributed by atoms with Gasteiger partial charge in [0.1, 0.15) is 5.60 Å². The molecule has 2 N–H and O–H groups in total. The third-order valence-electron chi connectivity index (χ3n) is 3.06. The van der Waals surface area contributed by atoms with Gasteiger partial charge in [0.15, 0.2) is 0 Å². The van der Waals surface area contributed by atoms with Crippen LogP contribution in [-0.4, -0.2) is 41.9 Å². The Morgan fingerprint density at radius 1 is 1.33 bits per heavy atom. The number of carbonyl (C=O) groups excluding carboxylic acids is 1. The molecule has 0 aliphatic carbocycles. The van der Waals surface area contributed by atoms with Crippen LogP contribution in [0.4, 0.5) is 10.5 Å². The van der Waals surface area contributed by atoms with Crippen molar-refractivity contribution < 1.29 is 19.4 Å². The van der Waals surface area contributed by atoms with Crippen LogP contribution in [-0.2, 0) is 4.74 Å². The Kier molecular flexibility index (Phi) is 4.06. The van der Waals surface area contributed by atoms with E-state index in [1.54, 1.807) is 18.2 Å². The number of aromatic carboxylic acids is 1. The summed E-state index contributed by atoms with van der Waals surface area (Å²) in [6.07, 6.45) is -0.425. The molecule has 1 fully saturated rings. The molecule has 0 saturated carbocycles. The average Bonchev–Trinajstić information content (AvgIpc) is 2.31. The predicted octanol–water partition coefficient (Wildman–Crippen LogP) is 2.10. The normalized spacial score (nSPS) is 15.3. The summed E-state index contributed by atoms with van der Waals surface area (Å²) in [7, 11) is 0. The van der Waals surface area contributed by atoms with Crippen LogP contribution < -0.4 is 10.2 Å². The first-order chi connectivity index (χ1) is 9.74. The molecule has 114 valence electrons. The second kappa shape index (κ2) is 5.63. The summed E-state index contributed by atoms with van der Waals surface area (Å²) in [5.41, 5.74) is 0.594. The van der Waals surface area contributed by atoms with E-state index >= 15 is 0 Å². The number of carbonyl (C=O) groups is 2. The Hall–Kier alpha value is -2.24. The lowest BCUT2D eigenvalue weighted by atomic mass is 10.1. The summed E-state index contributed by atoms with van der Waals surface area (Å²) in [5.74, 6) is -0.944. The van der Waals surface area contributed by atoms with Crippen molar-refractivity contribution in [3.05, 3.63) is 29.8 Å². The monoisotopic (exact) mass is 292 g/mol. The van der Waals surface area contributed by atoms with Crippen molar-refractivity contribution in [3.63, 3.8) is 0 Å². The van der Waals surface area contributed by atoms with Gasteiger partial charge in [-0.15, -0.1) is 0 Å². The van der Waals surface area contributed by atoms with E-state index in [9.17, 15) is 9.59 Å². The Balaban J connectivity index is 1.85. The fourth-order valence-electron chi connectivity index (χ4n) is 2.09. The second-order valence-corrected chi connectivity index (χ2v) is 6.10. The topological polar surface area (TPSA) is 78.9 Å². The van der Waals surface area contributed by atoms with Crippen molar-refractivity contribution in [1.29, 1.82) is 0 Å². The maximum absolute atomic E-state index is 11.6. The Morgan fingerprint density at radius 3 is 2.57 bits per heavy atom. The van der Waals surface area contributed by atoms with Gasteiger partial charge in [-0.2, -0.15) is 0 Å². The quantitative estimate of drug-likeness (QED) is 0.892. The van der Waals surface area contributed by atoms with Crippen LogP contribution in [0.2, 0.25) is 0 Å². The largest absolute Gasteiger partial charge is 0.478 e. The van der Waals surface area contributed by atoms with Crippen LogP contribution >= 0.6 is 0 Å². The minimum absolute atomic E-state index is 0.0216. The van der Waals surface area contributed by atoms with Gasteiger partial charge in [0.25, 0.3) is 0 Å². The highest BCUT2D eigenvalue weighted by Crippen LogP contribution is 2.22. The Morgan fingerprint density at radius 2 is 2.00 bits per heavy atom. The number of rotatable bonds is 3. The van der Waals surface area contributed by atoms with Crippen LogP contribution in [0.5, 0.6) is 0 Å². The lowest BCUT2D eigenvalue weighted by Crippen LogP contribution is -2.60. The molecule has 21 heavy (non-hydrogen) atoms. The summed E-state index contributed by atoms with van der Waals surface area (Å²) in [6.45, 7) is 6.73. The molecule has 0 aromatic heterocycles. The molecule has 0 radical (unpaired) electrons. The van der Waals surface area contributed by atoms with Crippen LogP contribution in [0.3, 0.4) is 0 Å². The van der Waals surface area contributed by atoms with E-state index in [1.807, 2.05) is 31.7 Å². The first-order valence-corrected chi connectivity index (χ1v) is 6.82. The third-order valence-corrected chi connectivity index (χ3v) is 3.06. The van der Waals surface area contributed by atoms with E-state index in [2.05, 4.69) is 5.32 Å². The van der Waals surface area contributed by atoms with Crippen LogP contribution in [0.1, 0.15) is 31.1 Å². The zero-order valence-corrected chi connectivity index (χ0v) is 12.4. The van der Waals surface area contributed by atoms with Gasteiger partial charge >= 0.3 is 12.1 Å². The molecule has 0 bridgehead atoms. The number of hydrogen-bond acceptors (Lipinski definition) is 4. The first kappa shape index (κ1) is 15.2. The molecule has 1 aliphatic rings. The average molecular weight is 292 g/mol. The van der Waals surface area contributed by atoms with Crippen molar-refractivity contribution in [2.75, 3.05) is 18.0 Å². The molecule has 1 amide bonds. The minimum Gasteiger partial charge on any atom is -0.478 e. The van der Waals surface area contributed by atoms with Gasteiger partial charge in [0.05, 0.1) is 11.6 Å². The van der Waals surface area contributed by atoms with Gasteiger partial charge in [-0.3, -0.25) is 0 Å². The maximum atomic E-state index is 11.6. The van der Waals surface area contributed by atoms with Crippen molar-refractivity contribution in [2.45, 2.75) is 32.4 Å². The molecule has 1 heterocycles. The zero-order valence-electron chi connectivity index (χ0n) is 12.4. The molecular weight excluding hydrogens is 272 g/mol. The maximum Gasteiger partial charge on any atom is 0.407 e. The summed E-state index contributed by atoms with van der Waals surface area (Å²) >= 11 is 0. The molecular formula is C15H20N2O4. The van der Waals surface area contributed by atoms with Gasteiger partial charge in [0.2, 0.25) is 0 Å². The number of amides is 1. The third kappa shape index (κ3) is 4.11. The summed E-state index contributed by atoms with van der Waals surface area (Å²) in [4.78, 5) is 24.6. The highest BCUT2D eigenvalue weighted by Gasteiger charge is 2.30. The molecule has 6 heteroatoms. The number of nitrogens with zero attached hydrogens (tertiary/aromatic N) is 1. The van der Waals surface area contributed by atoms with Crippen molar-refractivity contribution >= 4 is 17.7 Å². The van der Waals surface area contributed by atoms with Crippen molar-refractivity contribution in [2.24, 2.45) is 0 Å². The molecule has 6 nitrogen and oxygen atoms in total. The van der Waals surface area contributed by atoms with E-state index < -0.39 is 17.7 Å². The molecule has 2 rings (SSSR count). The predicted molar refractivity (Wildman–Crippen MR) is 78.8 cm³/mol. The lowest BCUT2D eigenvalue weighted by molar-refractivity contribution is 0.0495. The molecule has 1 saturated heterocycles. The second-order valence-electron chi connectivity index (χ2n) is 6.10. The Labute approximate surface area is 123 Å². The molecule has 0 atom stereocenters. The van der Waals surface area contributed by atoms with Gasteiger partial charge in [-0.25, -0.2) is 9.59 Å². The number of carboxylic acids is 1. The highest BCUT2D eigenvalue weighted by molar-refractivity contribution is 5.88. The number of ether oxygens (including phenoxy) is 1. The minimum atomic E-state index is -0.944. The standard InChI is InChI=1S/C15H20N2O4/c1-15(2,3)21-14(20)16-11-8-17(9-11)12-6-4-5-10(7-12)13(18)19/h4-7,11H,8-9H2,1-3H3,(H,16,20)(H,18,19). The highest BCUT2D eigenvalue weighted by atomic mass is 16.6. The SMILES string of the molecule is CC(C)(C)OC(=O)NC1CN(c2cccc(C(=O)O)c2)C1. The van der Waals surface area contributed by atoms with Crippen molar-refractivity contribution in [3.8, 4) is 0 Å². The molecule has 1 aliphatic heterocycles. The fourth-order valence-corrected chi connectivity index (χ4v) is 2.09. The number of hydrogen-bond donors (Lipinski definition) is 2. The summed E-state index contributed by atoms with van der Waals surface area (Å²) < 4.78 is 5.19. The summed E-state index contributed by atoms with van der Waals surface area (Å²) in [5, 5.41) is 11.8. The number of carboxylic acid groups (broad SMARTS) is 1. The van der Waals surface area contributed by atoms with E-state index in [1.165, 1.54) is 0 Å². The fraction of sp³-hybridized carbons (Fsp3) is 0.467. The van der Waals surface area contributed by atoms with Gasteiger partial charge in [0, 0.05) is 18.8 Å². The molecule has 0 unspecified atom stereocenters. The number of anilines is 1.